The van der Waals surface area contributed by atoms with Gasteiger partial charge in [-0.3, -0.25) is 4.79 Å². The van der Waals surface area contributed by atoms with Crippen molar-refractivity contribution in [3.8, 4) is 0 Å². The Morgan fingerprint density at radius 3 is 2.79 bits per heavy atom. The molecule has 1 N–H and O–H groups in total. The molecule has 4 nitrogen and oxygen atoms in total. The highest BCUT2D eigenvalue weighted by molar-refractivity contribution is 7.08. The van der Waals surface area contributed by atoms with Crippen molar-refractivity contribution in [2.75, 3.05) is 6.54 Å². The molecule has 3 unspecified atom stereocenters. The fourth-order valence-electron chi connectivity index (χ4n) is 3.57. The van der Waals surface area contributed by atoms with E-state index in [1.807, 2.05) is 17.7 Å². The Morgan fingerprint density at radius 2 is 2.16 bits per heavy atom. The maximum absolute atomic E-state index is 12.5. The Bertz CT molecular complexity index is 525. The van der Waals surface area contributed by atoms with E-state index in [9.17, 15) is 14.7 Å². The summed E-state index contributed by atoms with van der Waals surface area (Å²) in [4.78, 5) is 25.7. The second-order valence-electron chi connectivity index (χ2n) is 5.56. The Hall–Kier alpha value is -1.36. The summed E-state index contributed by atoms with van der Waals surface area (Å²) in [6, 6.07) is -0.626. The van der Waals surface area contributed by atoms with Crippen molar-refractivity contribution in [3.63, 3.8) is 0 Å². The van der Waals surface area contributed by atoms with Crippen LogP contribution in [-0.2, 0) is 4.79 Å². The molecule has 102 valence electrons. The molecule has 5 heteroatoms. The summed E-state index contributed by atoms with van der Waals surface area (Å²) < 4.78 is 0. The van der Waals surface area contributed by atoms with Gasteiger partial charge in [0.05, 0.1) is 5.56 Å². The molecule has 0 bridgehead atoms. The predicted molar refractivity (Wildman–Crippen MR) is 72.3 cm³/mol. The lowest BCUT2D eigenvalue weighted by atomic mass is 9.94. The van der Waals surface area contributed by atoms with Crippen molar-refractivity contribution in [2.24, 2.45) is 11.8 Å². The summed E-state index contributed by atoms with van der Waals surface area (Å²) in [5.74, 6) is -0.430. The Labute approximate surface area is 116 Å². The fraction of sp³-hybridized carbons (Fsp3) is 0.571. The summed E-state index contributed by atoms with van der Waals surface area (Å²) in [5.41, 5.74) is 1.60. The standard InChI is InChI=1S/C14H17NO3S/c1-8-6-19-7-11(8)13(16)15-5-9-3-2-4-10(9)12(15)14(17)18/h6-7,9-10,12H,2-5H2,1H3,(H,17,18). The van der Waals surface area contributed by atoms with Crippen LogP contribution in [0.2, 0.25) is 0 Å². The summed E-state index contributed by atoms with van der Waals surface area (Å²) in [5, 5.41) is 13.2. The van der Waals surface area contributed by atoms with E-state index in [-0.39, 0.29) is 11.8 Å². The van der Waals surface area contributed by atoms with E-state index in [0.29, 0.717) is 18.0 Å². The smallest absolute Gasteiger partial charge is 0.326 e. The lowest BCUT2D eigenvalue weighted by Crippen LogP contribution is -2.43. The third-order valence-corrected chi connectivity index (χ3v) is 5.35. The molecule has 2 heterocycles. The minimum atomic E-state index is -0.851. The number of rotatable bonds is 2. The minimum absolute atomic E-state index is 0.111. The Kier molecular flexibility index (Phi) is 3.09. The van der Waals surface area contributed by atoms with Gasteiger partial charge in [-0.15, -0.1) is 0 Å². The third kappa shape index (κ3) is 1.96. The molecule has 2 aliphatic rings. The zero-order valence-electron chi connectivity index (χ0n) is 10.8. The monoisotopic (exact) mass is 279 g/mol. The van der Waals surface area contributed by atoms with Gasteiger partial charge in [-0.25, -0.2) is 4.79 Å². The summed E-state index contributed by atoms with van der Waals surface area (Å²) in [6.07, 6.45) is 3.09. The molecule has 1 aliphatic heterocycles. The normalized spacial score (nSPS) is 29.5. The molecular formula is C14H17NO3S. The highest BCUT2D eigenvalue weighted by Crippen LogP contribution is 2.42. The quantitative estimate of drug-likeness (QED) is 0.904. The SMILES string of the molecule is Cc1cscc1C(=O)N1CC2CCCC2C1C(=O)O. The summed E-state index contributed by atoms with van der Waals surface area (Å²) in [6.45, 7) is 2.51. The van der Waals surface area contributed by atoms with Crippen LogP contribution in [0, 0.1) is 18.8 Å². The second kappa shape index (κ2) is 4.63. The van der Waals surface area contributed by atoms with Crippen molar-refractivity contribution < 1.29 is 14.7 Å². The summed E-state index contributed by atoms with van der Waals surface area (Å²) >= 11 is 1.49. The number of hydrogen-bond acceptors (Lipinski definition) is 3. The van der Waals surface area contributed by atoms with Gasteiger partial charge in [0.15, 0.2) is 0 Å². The Balaban J connectivity index is 1.90. The van der Waals surface area contributed by atoms with Crippen LogP contribution in [0.25, 0.3) is 0 Å². The van der Waals surface area contributed by atoms with E-state index >= 15 is 0 Å². The molecule has 1 aromatic rings. The van der Waals surface area contributed by atoms with E-state index in [1.165, 1.54) is 11.3 Å². The molecule has 1 aromatic heterocycles. The number of aliphatic carboxylic acids is 1. The van der Waals surface area contributed by atoms with E-state index in [0.717, 1.165) is 24.8 Å². The van der Waals surface area contributed by atoms with Gasteiger partial charge < -0.3 is 10.0 Å². The molecule has 0 radical (unpaired) electrons. The first-order valence-electron chi connectivity index (χ1n) is 6.66. The number of amides is 1. The lowest BCUT2D eigenvalue weighted by Gasteiger charge is -2.24. The molecule has 1 amide bonds. The van der Waals surface area contributed by atoms with E-state index < -0.39 is 12.0 Å². The minimum Gasteiger partial charge on any atom is -0.480 e. The van der Waals surface area contributed by atoms with E-state index in [1.54, 1.807) is 4.90 Å². The number of carboxylic acid groups (broad SMARTS) is 1. The van der Waals surface area contributed by atoms with Gasteiger partial charge in [0, 0.05) is 11.9 Å². The van der Waals surface area contributed by atoms with Crippen LogP contribution in [0.15, 0.2) is 10.8 Å². The first-order valence-corrected chi connectivity index (χ1v) is 7.60. The molecule has 1 saturated heterocycles. The number of carbonyl (C=O) groups is 2. The molecule has 3 atom stereocenters. The second-order valence-corrected chi connectivity index (χ2v) is 6.31. The molecule has 19 heavy (non-hydrogen) atoms. The number of carbonyl (C=O) groups excluding carboxylic acids is 1. The van der Waals surface area contributed by atoms with Gasteiger partial charge in [-0.05, 0) is 42.5 Å². The topological polar surface area (TPSA) is 57.6 Å². The van der Waals surface area contributed by atoms with Gasteiger partial charge in [0.2, 0.25) is 0 Å². The largest absolute Gasteiger partial charge is 0.480 e. The van der Waals surface area contributed by atoms with E-state index in [4.69, 9.17) is 0 Å². The number of carboxylic acids is 1. The number of aryl methyl sites for hydroxylation is 1. The predicted octanol–water partition coefficient (Wildman–Crippen LogP) is 2.38. The van der Waals surface area contributed by atoms with Crippen molar-refractivity contribution in [2.45, 2.75) is 32.2 Å². The van der Waals surface area contributed by atoms with Crippen LogP contribution in [0.5, 0.6) is 0 Å². The van der Waals surface area contributed by atoms with Crippen molar-refractivity contribution in [3.05, 3.63) is 21.9 Å². The van der Waals surface area contributed by atoms with Gasteiger partial charge >= 0.3 is 5.97 Å². The van der Waals surface area contributed by atoms with Crippen molar-refractivity contribution >= 4 is 23.2 Å². The van der Waals surface area contributed by atoms with Crippen LogP contribution in [0.3, 0.4) is 0 Å². The Morgan fingerprint density at radius 1 is 1.37 bits per heavy atom. The first kappa shape index (κ1) is 12.7. The van der Waals surface area contributed by atoms with Gasteiger partial charge in [-0.2, -0.15) is 11.3 Å². The molecule has 1 aliphatic carbocycles. The molecule has 0 aromatic carbocycles. The molecule has 1 saturated carbocycles. The number of thiophene rings is 1. The van der Waals surface area contributed by atoms with E-state index in [2.05, 4.69) is 0 Å². The number of nitrogens with zero attached hydrogens (tertiary/aromatic N) is 1. The van der Waals surface area contributed by atoms with Crippen molar-refractivity contribution in [1.29, 1.82) is 0 Å². The van der Waals surface area contributed by atoms with Gasteiger partial charge in [-0.1, -0.05) is 6.42 Å². The molecule has 3 rings (SSSR count). The molecular weight excluding hydrogens is 262 g/mol. The van der Waals surface area contributed by atoms with Crippen LogP contribution in [0.4, 0.5) is 0 Å². The molecule has 0 spiro atoms. The highest BCUT2D eigenvalue weighted by Gasteiger charge is 2.49. The third-order valence-electron chi connectivity index (χ3n) is 4.49. The van der Waals surface area contributed by atoms with Gasteiger partial charge in [0.25, 0.3) is 5.91 Å². The zero-order chi connectivity index (χ0) is 13.6. The maximum atomic E-state index is 12.5. The van der Waals surface area contributed by atoms with Crippen LogP contribution >= 0.6 is 11.3 Å². The fourth-order valence-corrected chi connectivity index (χ4v) is 4.39. The van der Waals surface area contributed by atoms with Crippen LogP contribution in [0.1, 0.15) is 35.2 Å². The lowest BCUT2D eigenvalue weighted by molar-refractivity contribution is -0.142. The summed E-state index contributed by atoms with van der Waals surface area (Å²) in [7, 11) is 0. The first-order chi connectivity index (χ1) is 9.09. The average Bonchev–Trinajstić information content (AvgIpc) is 3.00. The molecule has 2 fully saturated rings. The van der Waals surface area contributed by atoms with Crippen LogP contribution < -0.4 is 0 Å². The average molecular weight is 279 g/mol. The zero-order valence-corrected chi connectivity index (χ0v) is 11.7. The highest BCUT2D eigenvalue weighted by atomic mass is 32.1. The van der Waals surface area contributed by atoms with Crippen molar-refractivity contribution in [1.82, 2.24) is 4.90 Å². The maximum Gasteiger partial charge on any atom is 0.326 e. The van der Waals surface area contributed by atoms with Crippen LogP contribution in [-0.4, -0.2) is 34.5 Å². The number of fused-ring (bicyclic) bond motifs is 1. The van der Waals surface area contributed by atoms with Gasteiger partial charge in [0.1, 0.15) is 6.04 Å². The number of likely N-dealkylation sites (tertiary alicyclic amines) is 1. The number of hydrogen-bond donors (Lipinski definition) is 1.